The zero-order valence-corrected chi connectivity index (χ0v) is 10.3. The minimum absolute atomic E-state index is 0.385. The average Bonchev–Trinajstić information content (AvgIpc) is 2.29. The van der Waals surface area contributed by atoms with E-state index in [-0.39, 0.29) is 0 Å². The number of nitrogens with two attached hydrogens (primary N) is 1. The summed E-state index contributed by atoms with van der Waals surface area (Å²) in [4.78, 5) is 6.63. The van der Waals surface area contributed by atoms with Gasteiger partial charge >= 0.3 is 0 Å². The molecule has 1 heterocycles. The average molecular weight is 223 g/mol. The SMILES string of the molecule is COCCN(c1ncccc1CN)C(C)C. The Bertz CT molecular complexity index is 315. The molecule has 0 saturated heterocycles. The van der Waals surface area contributed by atoms with Gasteiger partial charge in [0, 0.05) is 38.0 Å². The van der Waals surface area contributed by atoms with E-state index in [1.165, 1.54) is 0 Å². The van der Waals surface area contributed by atoms with Crippen LogP contribution in [-0.4, -0.2) is 31.3 Å². The van der Waals surface area contributed by atoms with Crippen molar-refractivity contribution in [2.75, 3.05) is 25.2 Å². The quantitative estimate of drug-likeness (QED) is 0.792. The highest BCUT2D eigenvalue weighted by molar-refractivity contribution is 5.47. The number of rotatable bonds is 6. The van der Waals surface area contributed by atoms with Gasteiger partial charge in [-0.3, -0.25) is 0 Å². The Morgan fingerprint density at radius 1 is 1.50 bits per heavy atom. The predicted molar refractivity (Wildman–Crippen MR) is 66.5 cm³/mol. The lowest BCUT2D eigenvalue weighted by molar-refractivity contribution is 0.203. The maximum Gasteiger partial charge on any atom is 0.133 e. The van der Waals surface area contributed by atoms with Crippen LogP contribution in [0.3, 0.4) is 0 Å². The van der Waals surface area contributed by atoms with Crippen molar-refractivity contribution < 1.29 is 4.74 Å². The van der Waals surface area contributed by atoms with Crippen LogP contribution in [0.1, 0.15) is 19.4 Å². The first kappa shape index (κ1) is 12.9. The molecule has 1 rings (SSSR count). The van der Waals surface area contributed by atoms with Crippen LogP contribution in [-0.2, 0) is 11.3 Å². The third-order valence-electron chi connectivity index (χ3n) is 2.52. The van der Waals surface area contributed by atoms with Gasteiger partial charge in [0.1, 0.15) is 5.82 Å². The highest BCUT2D eigenvalue weighted by Crippen LogP contribution is 2.18. The zero-order valence-electron chi connectivity index (χ0n) is 10.3. The minimum Gasteiger partial charge on any atom is -0.383 e. The van der Waals surface area contributed by atoms with Crippen molar-refractivity contribution in [3.8, 4) is 0 Å². The Morgan fingerprint density at radius 3 is 2.81 bits per heavy atom. The van der Waals surface area contributed by atoms with Crippen LogP contribution in [0.2, 0.25) is 0 Å². The summed E-state index contributed by atoms with van der Waals surface area (Å²) in [6.45, 7) is 6.32. The molecule has 0 bridgehead atoms. The molecule has 0 aliphatic heterocycles. The van der Waals surface area contributed by atoms with Gasteiger partial charge in [0.2, 0.25) is 0 Å². The molecule has 1 aromatic heterocycles. The molecule has 0 saturated carbocycles. The van der Waals surface area contributed by atoms with Crippen LogP contribution in [0, 0.1) is 0 Å². The summed E-state index contributed by atoms with van der Waals surface area (Å²) >= 11 is 0. The number of nitrogens with zero attached hydrogens (tertiary/aromatic N) is 2. The molecule has 0 spiro atoms. The summed E-state index contributed by atoms with van der Waals surface area (Å²) in [5.41, 5.74) is 6.80. The topological polar surface area (TPSA) is 51.4 Å². The lowest BCUT2D eigenvalue weighted by Gasteiger charge is -2.29. The number of hydrogen-bond donors (Lipinski definition) is 1. The van der Waals surface area contributed by atoms with Crippen LogP contribution in [0.5, 0.6) is 0 Å². The summed E-state index contributed by atoms with van der Waals surface area (Å²) < 4.78 is 5.12. The minimum atomic E-state index is 0.385. The first-order valence-corrected chi connectivity index (χ1v) is 5.60. The second-order valence-corrected chi connectivity index (χ2v) is 3.97. The van der Waals surface area contributed by atoms with Crippen molar-refractivity contribution in [2.24, 2.45) is 5.73 Å². The van der Waals surface area contributed by atoms with Gasteiger partial charge in [-0.05, 0) is 19.9 Å². The summed E-state index contributed by atoms with van der Waals surface area (Å²) in [6, 6.07) is 4.32. The number of methoxy groups -OCH3 is 1. The second-order valence-electron chi connectivity index (χ2n) is 3.97. The fourth-order valence-electron chi connectivity index (χ4n) is 1.65. The molecule has 0 atom stereocenters. The van der Waals surface area contributed by atoms with Crippen molar-refractivity contribution in [1.29, 1.82) is 0 Å². The molecule has 0 radical (unpaired) electrons. The molecule has 0 fully saturated rings. The van der Waals surface area contributed by atoms with E-state index in [0.29, 0.717) is 19.2 Å². The highest BCUT2D eigenvalue weighted by atomic mass is 16.5. The summed E-state index contributed by atoms with van der Waals surface area (Å²) in [5.74, 6) is 0.969. The summed E-state index contributed by atoms with van der Waals surface area (Å²) in [5, 5.41) is 0. The van der Waals surface area contributed by atoms with Crippen LogP contribution < -0.4 is 10.6 Å². The molecule has 2 N–H and O–H groups in total. The number of ether oxygens (including phenoxy) is 1. The van der Waals surface area contributed by atoms with Crippen LogP contribution in [0.15, 0.2) is 18.3 Å². The van der Waals surface area contributed by atoms with Gasteiger partial charge in [0.15, 0.2) is 0 Å². The van der Waals surface area contributed by atoms with Gasteiger partial charge in [-0.2, -0.15) is 0 Å². The first-order chi connectivity index (χ1) is 7.70. The summed E-state index contributed by atoms with van der Waals surface area (Å²) in [6.07, 6.45) is 1.80. The number of aromatic nitrogens is 1. The summed E-state index contributed by atoms with van der Waals surface area (Å²) in [7, 11) is 1.71. The van der Waals surface area contributed by atoms with E-state index in [4.69, 9.17) is 10.5 Å². The van der Waals surface area contributed by atoms with Gasteiger partial charge in [0.05, 0.1) is 6.61 Å². The van der Waals surface area contributed by atoms with Gasteiger partial charge in [-0.1, -0.05) is 6.07 Å². The third-order valence-corrected chi connectivity index (χ3v) is 2.52. The number of anilines is 1. The Labute approximate surface area is 97.4 Å². The molecule has 0 unspecified atom stereocenters. The van der Waals surface area contributed by atoms with E-state index in [1.807, 2.05) is 12.1 Å². The van der Waals surface area contributed by atoms with Gasteiger partial charge in [-0.25, -0.2) is 4.98 Å². The Hall–Kier alpha value is -1.13. The predicted octanol–water partition coefficient (Wildman–Crippen LogP) is 1.40. The zero-order chi connectivity index (χ0) is 12.0. The molecule has 0 amide bonds. The van der Waals surface area contributed by atoms with E-state index in [0.717, 1.165) is 17.9 Å². The lowest BCUT2D eigenvalue weighted by Crippen LogP contribution is -2.35. The van der Waals surface area contributed by atoms with Gasteiger partial charge in [-0.15, -0.1) is 0 Å². The largest absolute Gasteiger partial charge is 0.383 e. The number of pyridine rings is 1. The molecule has 4 heteroatoms. The molecule has 0 aliphatic rings. The molecule has 90 valence electrons. The van der Waals surface area contributed by atoms with E-state index >= 15 is 0 Å². The van der Waals surface area contributed by atoms with Crippen LogP contribution in [0.4, 0.5) is 5.82 Å². The van der Waals surface area contributed by atoms with Crippen LogP contribution in [0.25, 0.3) is 0 Å². The number of hydrogen-bond acceptors (Lipinski definition) is 4. The third kappa shape index (κ3) is 3.18. The van der Waals surface area contributed by atoms with Gasteiger partial charge < -0.3 is 15.4 Å². The van der Waals surface area contributed by atoms with Crippen molar-refractivity contribution in [2.45, 2.75) is 26.4 Å². The van der Waals surface area contributed by atoms with Crippen molar-refractivity contribution in [1.82, 2.24) is 4.98 Å². The smallest absolute Gasteiger partial charge is 0.133 e. The maximum atomic E-state index is 5.72. The fraction of sp³-hybridized carbons (Fsp3) is 0.583. The first-order valence-electron chi connectivity index (χ1n) is 5.60. The molecule has 1 aromatic rings. The molecule has 0 aromatic carbocycles. The Balaban J connectivity index is 2.91. The van der Waals surface area contributed by atoms with Crippen molar-refractivity contribution in [3.05, 3.63) is 23.9 Å². The molecular weight excluding hydrogens is 202 g/mol. The van der Waals surface area contributed by atoms with E-state index in [1.54, 1.807) is 13.3 Å². The molecule has 4 nitrogen and oxygen atoms in total. The highest BCUT2D eigenvalue weighted by Gasteiger charge is 2.14. The monoisotopic (exact) mass is 223 g/mol. The van der Waals surface area contributed by atoms with E-state index in [2.05, 4.69) is 23.7 Å². The Kier molecular flexibility index (Phi) is 5.22. The lowest BCUT2D eigenvalue weighted by atomic mass is 10.2. The molecular formula is C12H21N3O. The molecule has 0 aliphatic carbocycles. The Morgan fingerprint density at radius 2 is 2.25 bits per heavy atom. The van der Waals surface area contributed by atoms with E-state index < -0.39 is 0 Å². The van der Waals surface area contributed by atoms with E-state index in [9.17, 15) is 0 Å². The van der Waals surface area contributed by atoms with Crippen molar-refractivity contribution >= 4 is 5.82 Å². The maximum absolute atomic E-state index is 5.72. The van der Waals surface area contributed by atoms with Gasteiger partial charge in [0.25, 0.3) is 0 Å². The van der Waals surface area contributed by atoms with Crippen LogP contribution >= 0.6 is 0 Å². The van der Waals surface area contributed by atoms with Crippen molar-refractivity contribution in [3.63, 3.8) is 0 Å². The molecule has 16 heavy (non-hydrogen) atoms. The normalized spacial score (nSPS) is 10.8. The fourth-order valence-corrected chi connectivity index (χ4v) is 1.65. The standard InChI is InChI=1S/C12H21N3O/c1-10(2)15(7-8-16-3)12-11(9-13)5-4-6-14-12/h4-6,10H,7-9,13H2,1-3H3. The second kappa shape index (κ2) is 6.45.